The van der Waals surface area contributed by atoms with Gasteiger partial charge in [-0.1, -0.05) is 0 Å². The fourth-order valence-electron chi connectivity index (χ4n) is 3.69. The van der Waals surface area contributed by atoms with Crippen LogP contribution in [-0.4, -0.2) is 72.6 Å². The van der Waals surface area contributed by atoms with E-state index in [1.54, 1.807) is 0 Å². The molecule has 0 aromatic heterocycles. The number of carbonyl (C=O) groups excluding carboxylic acids is 5. The molecule has 162 valence electrons. The first kappa shape index (κ1) is 22.6. The second kappa shape index (κ2) is 8.76. The lowest BCUT2D eigenvalue weighted by Gasteiger charge is -2.57. The van der Waals surface area contributed by atoms with E-state index in [1.807, 2.05) is 0 Å². The predicted molar refractivity (Wildman–Crippen MR) is 91.1 cm³/mol. The van der Waals surface area contributed by atoms with Crippen LogP contribution in [-0.2, 0) is 52.4 Å². The van der Waals surface area contributed by atoms with Crippen molar-refractivity contribution >= 4 is 29.8 Å². The third-order valence-corrected chi connectivity index (χ3v) is 4.56. The highest BCUT2D eigenvalue weighted by Crippen LogP contribution is 2.47. The zero-order chi connectivity index (χ0) is 21.9. The van der Waals surface area contributed by atoms with Gasteiger partial charge < -0.3 is 28.4 Å². The Kier molecular flexibility index (Phi) is 6.83. The Labute approximate surface area is 166 Å². The van der Waals surface area contributed by atoms with Crippen LogP contribution in [0.25, 0.3) is 0 Å². The lowest BCUT2D eigenvalue weighted by molar-refractivity contribution is -0.330. The molecule has 2 fully saturated rings. The molecule has 0 bridgehead atoms. The normalized spacial score (nSPS) is 33.1. The molecule has 0 aromatic rings. The Bertz CT molecular complexity index is 650. The molecule has 1 heterocycles. The second-order valence-electron chi connectivity index (χ2n) is 6.84. The van der Waals surface area contributed by atoms with Crippen molar-refractivity contribution in [1.82, 2.24) is 0 Å². The maximum Gasteiger partial charge on any atom is 0.303 e. The first-order chi connectivity index (χ1) is 13.5. The van der Waals surface area contributed by atoms with Gasteiger partial charge in [0.1, 0.15) is 0 Å². The summed E-state index contributed by atoms with van der Waals surface area (Å²) < 4.78 is 32.3. The van der Waals surface area contributed by atoms with Gasteiger partial charge >= 0.3 is 29.8 Å². The van der Waals surface area contributed by atoms with E-state index < -0.39 is 66.0 Å². The molecular formula is C18H24O11. The van der Waals surface area contributed by atoms with Gasteiger partial charge in [-0.25, -0.2) is 0 Å². The Morgan fingerprint density at radius 3 is 1.17 bits per heavy atom. The third-order valence-electron chi connectivity index (χ3n) is 4.56. The van der Waals surface area contributed by atoms with Gasteiger partial charge in [0, 0.05) is 41.0 Å². The molecular weight excluding hydrogens is 392 g/mol. The summed E-state index contributed by atoms with van der Waals surface area (Å²) in [5.74, 6) is -3.75. The van der Waals surface area contributed by atoms with Gasteiger partial charge in [0.25, 0.3) is 0 Å². The van der Waals surface area contributed by atoms with Gasteiger partial charge in [0.2, 0.25) is 0 Å². The summed E-state index contributed by atoms with van der Waals surface area (Å²) in [5, 5.41) is 0. The molecule has 0 aromatic carbocycles. The summed E-state index contributed by atoms with van der Waals surface area (Å²) in [4.78, 5) is 58.8. The van der Waals surface area contributed by atoms with Gasteiger partial charge in [-0.15, -0.1) is 0 Å². The van der Waals surface area contributed by atoms with Gasteiger partial charge in [-0.05, 0) is 0 Å². The SMILES string of the molecule is CC(=O)OC1C(OC(C)=O)[C@]2(CCO2)[C@@H](OC(C)=O)C(OC(C)=O)[C@H]1OC(C)=O. The molecule has 6 atom stereocenters. The van der Waals surface area contributed by atoms with Crippen LogP contribution in [0, 0.1) is 0 Å². The van der Waals surface area contributed by atoms with E-state index in [0.717, 1.165) is 34.6 Å². The van der Waals surface area contributed by atoms with Crippen LogP contribution in [0.1, 0.15) is 41.0 Å². The van der Waals surface area contributed by atoms with Crippen molar-refractivity contribution in [3.63, 3.8) is 0 Å². The number of esters is 5. The van der Waals surface area contributed by atoms with Crippen molar-refractivity contribution < 1.29 is 52.4 Å². The van der Waals surface area contributed by atoms with E-state index in [9.17, 15) is 24.0 Å². The van der Waals surface area contributed by atoms with Gasteiger partial charge in [-0.2, -0.15) is 0 Å². The molecule has 1 saturated heterocycles. The van der Waals surface area contributed by atoms with Crippen LogP contribution in [0.2, 0.25) is 0 Å². The number of rotatable bonds is 5. The van der Waals surface area contributed by atoms with Gasteiger partial charge in [0.05, 0.1) is 6.61 Å². The molecule has 0 radical (unpaired) electrons. The monoisotopic (exact) mass is 416 g/mol. The van der Waals surface area contributed by atoms with Crippen LogP contribution < -0.4 is 0 Å². The minimum atomic E-state index is -1.45. The summed E-state index contributed by atoms with van der Waals surface area (Å²) >= 11 is 0. The summed E-state index contributed by atoms with van der Waals surface area (Å²) in [6.45, 7) is 5.83. The van der Waals surface area contributed by atoms with E-state index in [2.05, 4.69) is 0 Å². The first-order valence-corrected chi connectivity index (χ1v) is 8.98. The molecule has 1 spiro atoms. The maximum atomic E-state index is 11.8. The van der Waals surface area contributed by atoms with Crippen molar-refractivity contribution in [2.24, 2.45) is 0 Å². The molecule has 3 unspecified atom stereocenters. The Hall–Kier alpha value is -2.69. The summed E-state index contributed by atoms with van der Waals surface area (Å²) in [7, 11) is 0. The average Bonchev–Trinajstić information content (AvgIpc) is 2.50. The minimum Gasteiger partial charge on any atom is -0.455 e. The lowest BCUT2D eigenvalue weighted by Crippen LogP contribution is -2.77. The maximum absolute atomic E-state index is 11.8. The van der Waals surface area contributed by atoms with Crippen molar-refractivity contribution in [2.75, 3.05) is 6.61 Å². The smallest absolute Gasteiger partial charge is 0.303 e. The van der Waals surface area contributed by atoms with Crippen molar-refractivity contribution in [2.45, 2.75) is 77.2 Å². The van der Waals surface area contributed by atoms with Crippen LogP contribution in [0.3, 0.4) is 0 Å². The van der Waals surface area contributed by atoms with Crippen molar-refractivity contribution in [1.29, 1.82) is 0 Å². The highest BCUT2D eigenvalue weighted by atomic mass is 16.7. The molecule has 1 aliphatic heterocycles. The lowest BCUT2D eigenvalue weighted by atomic mass is 9.70. The van der Waals surface area contributed by atoms with Gasteiger partial charge in [0.15, 0.2) is 36.1 Å². The van der Waals surface area contributed by atoms with Crippen LogP contribution in [0.5, 0.6) is 0 Å². The van der Waals surface area contributed by atoms with E-state index >= 15 is 0 Å². The number of ether oxygens (including phenoxy) is 6. The van der Waals surface area contributed by atoms with Crippen LogP contribution in [0.4, 0.5) is 0 Å². The Morgan fingerprint density at radius 2 is 0.931 bits per heavy atom. The Morgan fingerprint density at radius 1 is 0.621 bits per heavy atom. The molecule has 1 aliphatic carbocycles. The topological polar surface area (TPSA) is 141 Å². The highest BCUT2D eigenvalue weighted by molar-refractivity contribution is 5.70. The van der Waals surface area contributed by atoms with Crippen molar-refractivity contribution in [3.8, 4) is 0 Å². The number of hydrogen-bond donors (Lipinski definition) is 0. The fraction of sp³-hybridized carbons (Fsp3) is 0.722. The predicted octanol–water partition coefficient (Wildman–Crippen LogP) is -0.182. The number of carbonyl (C=O) groups is 5. The Balaban J connectivity index is 2.63. The molecule has 2 aliphatic rings. The van der Waals surface area contributed by atoms with E-state index in [0.29, 0.717) is 0 Å². The first-order valence-electron chi connectivity index (χ1n) is 8.98. The van der Waals surface area contributed by atoms with E-state index in [-0.39, 0.29) is 13.0 Å². The molecule has 11 nitrogen and oxygen atoms in total. The third kappa shape index (κ3) is 4.84. The van der Waals surface area contributed by atoms with E-state index in [1.165, 1.54) is 0 Å². The van der Waals surface area contributed by atoms with Crippen LogP contribution >= 0.6 is 0 Å². The quantitative estimate of drug-likeness (QED) is 0.435. The molecule has 0 amide bonds. The minimum absolute atomic E-state index is 0.230. The highest BCUT2D eigenvalue weighted by Gasteiger charge is 2.70. The molecule has 0 N–H and O–H groups in total. The number of hydrogen-bond acceptors (Lipinski definition) is 11. The molecule has 29 heavy (non-hydrogen) atoms. The standard InChI is InChI=1S/C18H24O11/c1-8(19)25-13-14(26-9(2)20)16(28-11(4)22)18(6-7-24-18)17(29-12(5)23)15(13)27-10(3)21/h13-17H,6-7H2,1-5H3/t13-,14?,15?,16+,17?,18+/m1/s1. The van der Waals surface area contributed by atoms with Gasteiger partial charge in [-0.3, -0.25) is 24.0 Å². The fourth-order valence-corrected chi connectivity index (χ4v) is 3.69. The van der Waals surface area contributed by atoms with Crippen LogP contribution in [0.15, 0.2) is 0 Å². The largest absolute Gasteiger partial charge is 0.455 e. The second-order valence-corrected chi connectivity index (χ2v) is 6.84. The zero-order valence-corrected chi connectivity index (χ0v) is 16.8. The average molecular weight is 416 g/mol. The van der Waals surface area contributed by atoms with Crippen molar-refractivity contribution in [3.05, 3.63) is 0 Å². The molecule has 11 heteroatoms. The summed E-state index contributed by atoms with van der Waals surface area (Å²) in [6, 6.07) is 0. The van der Waals surface area contributed by atoms with E-state index in [4.69, 9.17) is 28.4 Å². The molecule has 2 rings (SSSR count). The summed E-state index contributed by atoms with van der Waals surface area (Å²) in [6.07, 6.45) is -6.46. The molecule has 1 saturated carbocycles. The summed E-state index contributed by atoms with van der Waals surface area (Å²) in [5.41, 5.74) is -1.45. The zero-order valence-electron chi connectivity index (χ0n) is 16.8.